The maximum atomic E-state index is 12.2. The van der Waals surface area contributed by atoms with E-state index in [1.54, 1.807) is 42.7 Å². The quantitative estimate of drug-likeness (QED) is 0.814. The highest BCUT2D eigenvalue weighted by molar-refractivity contribution is 6.32. The Bertz CT molecular complexity index is 650. The van der Waals surface area contributed by atoms with Gasteiger partial charge in [-0.3, -0.25) is 9.78 Å². The highest BCUT2D eigenvalue weighted by atomic mass is 35.5. The first-order valence-electron chi connectivity index (χ1n) is 7.39. The number of hydrogen-bond donors (Lipinski definition) is 2. The number of rotatable bonds is 7. The second-order valence-electron chi connectivity index (χ2n) is 5.17. The lowest BCUT2D eigenvalue weighted by Gasteiger charge is -2.14. The largest absolute Gasteiger partial charge is 0.456 e. The molecule has 0 spiro atoms. The van der Waals surface area contributed by atoms with E-state index >= 15 is 0 Å². The Morgan fingerprint density at radius 3 is 2.74 bits per heavy atom. The SMILES string of the molecule is CC(CCCO)NC(=O)c1ccc(Oc2ccncc2)c(Cl)c1. The van der Waals surface area contributed by atoms with E-state index < -0.39 is 0 Å². The summed E-state index contributed by atoms with van der Waals surface area (Å²) in [7, 11) is 0. The Morgan fingerprint density at radius 1 is 1.35 bits per heavy atom. The number of pyridine rings is 1. The Kier molecular flexibility index (Phi) is 6.38. The molecule has 6 heteroatoms. The molecule has 1 aromatic carbocycles. The van der Waals surface area contributed by atoms with Crippen LogP contribution in [0.2, 0.25) is 5.02 Å². The maximum absolute atomic E-state index is 12.2. The van der Waals surface area contributed by atoms with Crippen LogP contribution in [0.5, 0.6) is 11.5 Å². The molecule has 2 aromatic rings. The van der Waals surface area contributed by atoms with Crippen LogP contribution in [0.25, 0.3) is 0 Å². The molecule has 0 aliphatic rings. The van der Waals surface area contributed by atoms with Crippen LogP contribution >= 0.6 is 11.6 Å². The van der Waals surface area contributed by atoms with E-state index in [-0.39, 0.29) is 18.6 Å². The first kappa shape index (κ1) is 17.2. The van der Waals surface area contributed by atoms with Gasteiger partial charge in [0.1, 0.15) is 11.5 Å². The van der Waals surface area contributed by atoms with Crippen LogP contribution in [0.3, 0.4) is 0 Å². The minimum atomic E-state index is -0.201. The average molecular weight is 335 g/mol. The van der Waals surface area contributed by atoms with Crippen molar-refractivity contribution >= 4 is 17.5 Å². The average Bonchev–Trinajstić information content (AvgIpc) is 2.55. The number of ether oxygens (including phenoxy) is 1. The second kappa shape index (κ2) is 8.50. The Labute approximate surface area is 140 Å². The number of aliphatic hydroxyl groups excluding tert-OH is 1. The number of aliphatic hydroxyl groups is 1. The number of hydrogen-bond acceptors (Lipinski definition) is 4. The molecule has 0 saturated carbocycles. The number of carbonyl (C=O) groups is 1. The monoisotopic (exact) mass is 334 g/mol. The fourth-order valence-electron chi connectivity index (χ4n) is 2.03. The van der Waals surface area contributed by atoms with E-state index in [9.17, 15) is 4.79 Å². The molecule has 1 amide bonds. The molecule has 1 unspecified atom stereocenters. The third-order valence-corrected chi connectivity index (χ3v) is 3.54. The van der Waals surface area contributed by atoms with Crippen molar-refractivity contribution in [3.63, 3.8) is 0 Å². The van der Waals surface area contributed by atoms with Gasteiger partial charge in [-0.1, -0.05) is 11.6 Å². The fourth-order valence-corrected chi connectivity index (χ4v) is 2.25. The molecule has 1 aromatic heterocycles. The van der Waals surface area contributed by atoms with Gasteiger partial charge in [-0.05, 0) is 50.1 Å². The van der Waals surface area contributed by atoms with Crippen LogP contribution in [0.4, 0.5) is 0 Å². The van der Waals surface area contributed by atoms with Gasteiger partial charge in [0, 0.05) is 30.6 Å². The van der Waals surface area contributed by atoms with Gasteiger partial charge in [0.2, 0.25) is 0 Å². The lowest BCUT2D eigenvalue weighted by molar-refractivity contribution is 0.0936. The van der Waals surface area contributed by atoms with Gasteiger partial charge in [0.25, 0.3) is 5.91 Å². The van der Waals surface area contributed by atoms with Crippen molar-refractivity contribution in [1.82, 2.24) is 10.3 Å². The van der Waals surface area contributed by atoms with Gasteiger partial charge in [-0.15, -0.1) is 0 Å². The molecule has 1 atom stereocenters. The fraction of sp³-hybridized carbons (Fsp3) is 0.294. The number of benzene rings is 1. The third-order valence-electron chi connectivity index (χ3n) is 3.24. The topological polar surface area (TPSA) is 71.5 Å². The highest BCUT2D eigenvalue weighted by Crippen LogP contribution is 2.29. The molecule has 0 aliphatic heterocycles. The standard InChI is InChI=1S/C17H19ClN2O3/c1-12(3-2-10-21)20-17(22)13-4-5-16(15(18)11-13)23-14-6-8-19-9-7-14/h4-9,11-12,21H,2-3,10H2,1H3,(H,20,22). The van der Waals surface area contributed by atoms with Crippen LogP contribution < -0.4 is 10.1 Å². The third kappa shape index (κ3) is 5.23. The molecule has 2 N–H and O–H groups in total. The van der Waals surface area contributed by atoms with Gasteiger partial charge < -0.3 is 15.2 Å². The van der Waals surface area contributed by atoms with Gasteiger partial charge in [-0.2, -0.15) is 0 Å². The summed E-state index contributed by atoms with van der Waals surface area (Å²) in [4.78, 5) is 16.1. The van der Waals surface area contributed by atoms with Crippen molar-refractivity contribution in [3.05, 3.63) is 53.3 Å². The van der Waals surface area contributed by atoms with E-state index in [2.05, 4.69) is 10.3 Å². The van der Waals surface area contributed by atoms with Crippen LogP contribution in [0.1, 0.15) is 30.1 Å². The van der Waals surface area contributed by atoms with Crippen LogP contribution in [0.15, 0.2) is 42.7 Å². The van der Waals surface area contributed by atoms with E-state index in [1.807, 2.05) is 6.92 Å². The van der Waals surface area contributed by atoms with E-state index in [4.69, 9.17) is 21.4 Å². The number of aromatic nitrogens is 1. The Balaban J connectivity index is 2.02. The highest BCUT2D eigenvalue weighted by Gasteiger charge is 2.12. The van der Waals surface area contributed by atoms with Gasteiger partial charge in [-0.25, -0.2) is 0 Å². The summed E-state index contributed by atoms with van der Waals surface area (Å²) in [6, 6.07) is 8.33. The second-order valence-corrected chi connectivity index (χ2v) is 5.58. The van der Waals surface area contributed by atoms with Crippen LogP contribution in [-0.4, -0.2) is 28.6 Å². The normalized spacial score (nSPS) is 11.8. The molecule has 23 heavy (non-hydrogen) atoms. The van der Waals surface area contributed by atoms with Crippen LogP contribution in [0, 0.1) is 0 Å². The Morgan fingerprint density at radius 2 is 2.09 bits per heavy atom. The number of amides is 1. The summed E-state index contributed by atoms with van der Waals surface area (Å²) in [6.07, 6.45) is 4.62. The van der Waals surface area contributed by atoms with E-state index in [1.165, 1.54) is 0 Å². The van der Waals surface area contributed by atoms with Gasteiger partial charge >= 0.3 is 0 Å². The van der Waals surface area contributed by atoms with Gasteiger partial charge in [0.05, 0.1) is 5.02 Å². The molecular weight excluding hydrogens is 316 g/mol. The summed E-state index contributed by atoms with van der Waals surface area (Å²) >= 11 is 6.19. The molecule has 0 fully saturated rings. The molecule has 0 radical (unpaired) electrons. The predicted octanol–water partition coefficient (Wildman–Crippen LogP) is 3.42. The van der Waals surface area contributed by atoms with Crippen molar-refractivity contribution < 1.29 is 14.6 Å². The number of halogens is 1. The summed E-state index contributed by atoms with van der Waals surface area (Å²) in [5.41, 5.74) is 0.466. The smallest absolute Gasteiger partial charge is 0.251 e. The molecule has 1 heterocycles. The summed E-state index contributed by atoms with van der Waals surface area (Å²) in [5.74, 6) is 0.896. The molecular formula is C17H19ClN2O3. The van der Waals surface area contributed by atoms with Crippen molar-refractivity contribution in [2.45, 2.75) is 25.8 Å². The van der Waals surface area contributed by atoms with Crippen molar-refractivity contribution in [2.75, 3.05) is 6.61 Å². The van der Waals surface area contributed by atoms with E-state index in [0.717, 1.165) is 6.42 Å². The first-order chi connectivity index (χ1) is 11.1. The molecule has 122 valence electrons. The first-order valence-corrected chi connectivity index (χ1v) is 7.77. The zero-order chi connectivity index (χ0) is 16.7. The molecule has 0 aliphatic carbocycles. The minimum Gasteiger partial charge on any atom is -0.456 e. The maximum Gasteiger partial charge on any atom is 0.251 e. The zero-order valence-electron chi connectivity index (χ0n) is 12.8. The number of carbonyl (C=O) groups excluding carboxylic acids is 1. The van der Waals surface area contributed by atoms with Crippen molar-refractivity contribution in [1.29, 1.82) is 0 Å². The van der Waals surface area contributed by atoms with Crippen LogP contribution in [-0.2, 0) is 0 Å². The number of nitrogens with one attached hydrogen (secondary N) is 1. The summed E-state index contributed by atoms with van der Waals surface area (Å²) in [6.45, 7) is 2.02. The van der Waals surface area contributed by atoms with Gasteiger partial charge in [0.15, 0.2) is 0 Å². The predicted molar refractivity (Wildman–Crippen MR) is 89.0 cm³/mol. The molecule has 2 rings (SSSR count). The lowest BCUT2D eigenvalue weighted by atomic mass is 10.1. The van der Waals surface area contributed by atoms with Crippen molar-refractivity contribution in [3.8, 4) is 11.5 Å². The summed E-state index contributed by atoms with van der Waals surface area (Å²) in [5, 5.41) is 12.0. The minimum absolute atomic E-state index is 0.0128. The lowest BCUT2D eigenvalue weighted by Crippen LogP contribution is -2.32. The van der Waals surface area contributed by atoms with Crippen molar-refractivity contribution in [2.24, 2.45) is 0 Å². The molecule has 0 bridgehead atoms. The van der Waals surface area contributed by atoms with E-state index in [0.29, 0.717) is 28.5 Å². The molecule has 0 saturated heterocycles. The Hall–Kier alpha value is -2.11. The molecule has 5 nitrogen and oxygen atoms in total. The summed E-state index contributed by atoms with van der Waals surface area (Å²) < 4.78 is 5.65. The number of nitrogens with zero attached hydrogens (tertiary/aromatic N) is 1. The zero-order valence-corrected chi connectivity index (χ0v) is 13.6.